The molecule has 0 aliphatic rings. The average molecular weight is 365 g/mol. The van der Waals surface area contributed by atoms with Crippen LogP contribution < -0.4 is 4.74 Å². The highest BCUT2D eigenvalue weighted by Crippen LogP contribution is 2.29. The molecule has 0 spiro atoms. The Morgan fingerprint density at radius 3 is 2.76 bits per heavy atom. The van der Waals surface area contributed by atoms with Crippen molar-refractivity contribution in [3.05, 3.63) is 63.2 Å². The Morgan fingerprint density at radius 1 is 1.19 bits per heavy atom. The zero-order chi connectivity index (χ0) is 15.0. The Morgan fingerprint density at radius 2 is 2.00 bits per heavy atom. The number of hydrogen-bond donors (Lipinski definition) is 1. The molecule has 0 radical (unpaired) electrons. The molecule has 21 heavy (non-hydrogen) atoms. The quantitative estimate of drug-likeness (QED) is 0.677. The topological polar surface area (TPSA) is 42.1 Å². The third kappa shape index (κ3) is 2.57. The summed E-state index contributed by atoms with van der Waals surface area (Å²) in [6.07, 6.45) is 1.72. The van der Waals surface area contributed by atoms with E-state index in [2.05, 4.69) is 20.9 Å². The van der Waals surface area contributed by atoms with Gasteiger partial charge in [-0.05, 0) is 36.4 Å². The van der Waals surface area contributed by atoms with Crippen LogP contribution in [0.3, 0.4) is 0 Å². The van der Waals surface area contributed by atoms with Crippen molar-refractivity contribution in [2.45, 2.75) is 0 Å². The first-order chi connectivity index (χ1) is 10.1. The summed E-state index contributed by atoms with van der Waals surface area (Å²) in [5.41, 5.74) is 2.00. The summed E-state index contributed by atoms with van der Waals surface area (Å²) in [6.45, 7) is 0. The summed E-state index contributed by atoms with van der Waals surface area (Å²) in [5.74, 6) is 0.365. The van der Waals surface area contributed by atoms with Gasteiger partial charge in [0.05, 0.1) is 12.7 Å². The second-order valence-electron chi connectivity index (χ2n) is 4.57. The summed E-state index contributed by atoms with van der Waals surface area (Å²) in [5, 5.41) is 1.40. The van der Waals surface area contributed by atoms with Crippen LogP contribution in [0.5, 0.6) is 5.75 Å². The van der Waals surface area contributed by atoms with E-state index in [1.165, 1.54) is 7.11 Å². The van der Waals surface area contributed by atoms with Gasteiger partial charge in [-0.15, -0.1) is 0 Å². The van der Waals surface area contributed by atoms with Crippen molar-refractivity contribution < 1.29 is 9.53 Å². The number of ether oxygens (including phenoxy) is 1. The number of H-pyrrole nitrogens is 1. The minimum atomic E-state index is -0.104. The zero-order valence-corrected chi connectivity index (χ0v) is 13.5. The lowest BCUT2D eigenvalue weighted by Crippen LogP contribution is -2.03. The number of carbonyl (C=O) groups excluding carboxylic acids is 1. The number of hydrogen-bond acceptors (Lipinski definition) is 2. The Balaban J connectivity index is 2.15. The molecule has 0 atom stereocenters. The number of benzene rings is 2. The number of rotatable bonds is 3. The monoisotopic (exact) mass is 363 g/mol. The van der Waals surface area contributed by atoms with E-state index in [1.807, 2.05) is 18.2 Å². The Hall–Kier alpha value is -1.78. The van der Waals surface area contributed by atoms with Crippen molar-refractivity contribution in [1.82, 2.24) is 4.98 Å². The minimum absolute atomic E-state index is 0.104. The molecule has 106 valence electrons. The van der Waals surface area contributed by atoms with Gasteiger partial charge in [0, 0.05) is 32.2 Å². The molecule has 0 aliphatic heterocycles. The van der Waals surface area contributed by atoms with Crippen LogP contribution in [-0.2, 0) is 0 Å². The van der Waals surface area contributed by atoms with Gasteiger partial charge in [0.25, 0.3) is 0 Å². The molecule has 3 rings (SSSR count). The van der Waals surface area contributed by atoms with Crippen LogP contribution >= 0.6 is 27.5 Å². The molecule has 1 aromatic heterocycles. The highest BCUT2D eigenvalue weighted by atomic mass is 79.9. The molecule has 0 bridgehead atoms. The Kier molecular flexibility index (Phi) is 3.74. The van der Waals surface area contributed by atoms with Gasteiger partial charge in [-0.1, -0.05) is 27.5 Å². The van der Waals surface area contributed by atoms with E-state index >= 15 is 0 Å². The van der Waals surface area contributed by atoms with Crippen LogP contribution in [0.2, 0.25) is 5.02 Å². The molecule has 0 unspecified atom stereocenters. The number of methoxy groups -OCH3 is 1. The van der Waals surface area contributed by atoms with Gasteiger partial charge in [-0.25, -0.2) is 0 Å². The summed E-state index contributed by atoms with van der Waals surface area (Å²) in [4.78, 5) is 15.9. The molecule has 1 heterocycles. The fourth-order valence-electron chi connectivity index (χ4n) is 2.28. The molecule has 0 fully saturated rings. The molecule has 0 aliphatic carbocycles. The van der Waals surface area contributed by atoms with E-state index in [-0.39, 0.29) is 5.78 Å². The second kappa shape index (κ2) is 5.54. The second-order valence-corrected chi connectivity index (χ2v) is 5.92. The first kappa shape index (κ1) is 14.2. The molecular weight excluding hydrogens is 354 g/mol. The highest BCUT2D eigenvalue weighted by Gasteiger charge is 2.18. The Bertz CT molecular complexity index is 841. The highest BCUT2D eigenvalue weighted by molar-refractivity contribution is 9.10. The third-order valence-electron chi connectivity index (χ3n) is 3.30. The van der Waals surface area contributed by atoms with Crippen LogP contribution in [-0.4, -0.2) is 17.9 Å². The first-order valence-corrected chi connectivity index (χ1v) is 7.42. The van der Waals surface area contributed by atoms with Crippen LogP contribution in [0.4, 0.5) is 0 Å². The standard InChI is InChI=1S/C16H11BrClNO2/c1-21-15-7-10(18)3-4-11(15)16(20)13-8-19-14-5-2-9(17)6-12(13)14/h2-8,19H,1H3. The van der Waals surface area contributed by atoms with Crippen LogP contribution in [0.25, 0.3) is 10.9 Å². The maximum atomic E-state index is 12.8. The third-order valence-corrected chi connectivity index (χ3v) is 4.02. The molecule has 0 saturated carbocycles. The predicted octanol–water partition coefficient (Wildman–Crippen LogP) is 4.82. The molecule has 1 N–H and O–H groups in total. The Labute approximate surface area is 135 Å². The van der Waals surface area contributed by atoms with Crippen molar-refractivity contribution in [2.24, 2.45) is 0 Å². The van der Waals surface area contributed by atoms with Gasteiger partial charge in [-0.3, -0.25) is 4.79 Å². The fraction of sp³-hybridized carbons (Fsp3) is 0.0625. The van der Waals surface area contributed by atoms with Gasteiger partial charge >= 0.3 is 0 Å². The largest absolute Gasteiger partial charge is 0.496 e. The number of halogens is 2. The van der Waals surface area contributed by atoms with Gasteiger partial charge in [0.2, 0.25) is 0 Å². The maximum absolute atomic E-state index is 12.8. The molecule has 3 aromatic rings. The van der Waals surface area contributed by atoms with E-state index < -0.39 is 0 Å². The number of aromatic nitrogens is 1. The number of ketones is 1. The van der Waals surface area contributed by atoms with E-state index in [9.17, 15) is 4.79 Å². The van der Waals surface area contributed by atoms with Gasteiger partial charge in [-0.2, -0.15) is 0 Å². The van der Waals surface area contributed by atoms with Gasteiger partial charge in [0.15, 0.2) is 5.78 Å². The summed E-state index contributed by atoms with van der Waals surface area (Å²) >= 11 is 9.36. The molecule has 2 aromatic carbocycles. The van der Waals surface area contributed by atoms with Crippen molar-refractivity contribution in [3.8, 4) is 5.75 Å². The van der Waals surface area contributed by atoms with Gasteiger partial charge in [0.1, 0.15) is 5.75 Å². The predicted molar refractivity (Wildman–Crippen MR) is 87.4 cm³/mol. The molecule has 0 saturated heterocycles. The number of fused-ring (bicyclic) bond motifs is 1. The molecular formula is C16H11BrClNO2. The lowest BCUT2D eigenvalue weighted by molar-refractivity contribution is 0.103. The molecule has 5 heteroatoms. The number of nitrogens with one attached hydrogen (secondary N) is 1. The lowest BCUT2D eigenvalue weighted by Gasteiger charge is -2.07. The first-order valence-electron chi connectivity index (χ1n) is 6.25. The van der Waals surface area contributed by atoms with Crippen molar-refractivity contribution in [3.63, 3.8) is 0 Å². The van der Waals surface area contributed by atoms with Crippen molar-refractivity contribution >= 4 is 44.2 Å². The fourth-order valence-corrected chi connectivity index (χ4v) is 2.80. The normalized spacial score (nSPS) is 10.8. The van der Waals surface area contributed by atoms with Crippen molar-refractivity contribution in [2.75, 3.05) is 7.11 Å². The van der Waals surface area contributed by atoms with Crippen LogP contribution in [0, 0.1) is 0 Å². The smallest absolute Gasteiger partial charge is 0.198 e. The zero-order valence-electron chi connectivity index (χ0n) is 11.1. The van der Waals surface area contributed by atoms with E-state index in [1.54, 1.807) is 24.4 Å². The summed E-state index contributed by atoms with van der Waals surface area (Å²) in [6, 6.07) is 10.8. The number of aromatic amines is 1. The van der Waals surface area contributed by atoms with E-state index in [0.29, 0.717) is 21.9 Å². The SMILES string of the molecule is COc1cc(Cl)ccc1C(=O)c1c[nH]c2ccc(Br)cc12. The van der Waals surface area contributed by atoms with Crippen molar-refractivity contribution in [1.29, 1.82) is 0 Å². The molecule has 3 nitrogen and oxygen atoms in total. The minimum Gasteiger partial charge on any atom is -0.496 e. The van der Waals surface area contributed by atoms with E-state index in [4.69, 9.17) is 16.3 Å². The maximum Gasteiger partial charge on any atom is 0.198 e. The summed E-state index contributed by atoms with van der Waals surface area (Å²) < 4.78 is 6.18. The lowest BCUT2D eigenvalue weighted by atomic mass is 10.0. The number of carbonyl (C=O) groups is 1. The van der Waals surface area contributed by atoms with E-state index in [0.717, 1.165) is 15.4 Å². The summed E-state index contributed by atoms with van der Waals surface area (Å²) in [7, 11) is 1.52. The van der Waals surface area contributed by atoms with Gasteiger partial charge < -0.3 is 9.72 Å². The average Bonchev–Trinajstić information content (AvgIpc) is 2.89. The molecule has 0 amide bonds. The van der Waals surface area contributed by atoms with Crippen LogP contribution in [0.15, 0.2) is 47.1 Å². The van der Waals surface area contributed by atoms with Crippen LogP contribution in [0.1, 0.15) is 15.9 Å².